The van der Waals surface area contributed by atoms with Gasteiger partial charge in [-0.2, -0.15) is 5.10 Å². The van der Waals surface area contributed by atoms with Crippen molar-refractivity contribution >= 4 is 12.1 Å². The van der Waals surface area contributed by atoms with E-state index >= 15 is 0 Å². The first-order chi connectivity index (χ1) is 13.8. The molecule has 1 aliphatic heterocycles. The molecule has 5 nitrogen and oxygen atoms in total. The van der Waals surface area contributed by atoms with Gasteiger partial charge in [-0.25, -0.2) is 10.9 Å². The molecule has 1 fully saturated rings. The molecule has 140 valence electrons. The molecule has 1 aliphatic rings. The molecule has 1 heterocycles. The van der Waals surface area contributed by atoms with Crippen molar-refractivity contribution in [3.8, 4) is 11.1 Å². The number of rotatable bonds is 5. The average molecular weight is 370 g/mol. The van der Waals surface area contributed by atoms with Crippen LogP contribution in [-0.4, -0.2) is 18.7 Å². The number of nitrogens with zero attached hydrogens (tertiary/aromatic N) is 1. The molecule has 0 saturated carbocycles. The first-order valence-electron chi connectivity index (χ1n) is 9.33. The van der Waals surface area contributed by atoms with Gasteiger partial charge in [0.1, 0.15) is 0 Å². The molecule has 1 saturated heterocycles. The van der Waals surface area contributed by atoms with Gasteiger partial charge in [0.05, 0.1) is 6.04 Å². The Morgan fingerprint density at radius 2 is 1.54 bits per heavy atom. The van der Waals surface area contributed by atoms with E-state index < -0.39 is 0 Å². The molecule has 2 atom stereocenters. The molecule has 1 amide bonds. The molecule has 4 rings (SSSR count). The third-order valence-corrected chi connectivity index (χ3v) is 4.87. The summed E-state index contributed by atoms with van der Waals surface area (Å²) in [4.78, 5) is 12.4. The van der Waals surface area contributed by atoms with Crippen LogP contribution in [0.3, 0.4) is 0 Å². The van der Waals surface area contributed by atoms with Crippen molar-refractivity contribution in [3.63, 3.8) is 0 Å². The van der Waals surface area contributed by atoms with Crippen LogP contribution >= 0.6 is 0 Å². The van der Waals surface area contributed by atoms with Crippen LogP contribution in [-0.2, 0) is 0 Å². The molecule has 28 heavy (non-hydrogen) atoms. The normalized spacial score (nSPS) is 19.0. The predicted molar refractivity (Wildman–Crippen MR) is 112 cm³/mol. The summed E-state index contributed by atoms with van der Waals surface area (Å²) in [5, 5.41) is 4.18. The minimum absolute atomic E-state index is 0.131. The van der Waals surface area contributed by atoms with E-state index in [-0.39, 0.29) is 17.9 Å². The Morgan fingerprint density at radius 1 is 0.893 bits per heavy atom. The Balaban J connectivity index is 1.37. The highest BCUT2D eigenvalue weighted by atomic mass is 16.2. The fourth-order valence-corrected chi connectivity index (χ4v) is 3.34. The number of hydrazone groups is 1. The summed E-state index contributed by atoms with van der Waals surface area (Å²) in [6, 6.07) is 27.9. The highest BCUT2D eigenvalue weighted by Gasteiger charge is 2.26. The van der Waals surface area contributed by atoms with Gasteiger partial charge in [-0.1, -0.05) is 72.8 Å². The molecular weight excluding hydrogens is 348 g/mol. The van der Waals surface area contributed by atoms with Crippen LogP contribution in [0.2, 0.25) is 0 Å². The number of carbonyl (C=O) groups excluding carboxylic acids is 1. The summed E-state index contributed by atoms with van der Waals surface area (Å²) in [5.74, 6) is -0.0609. The average Bonchev–Trinajstić information content (AvgIpc) is 3.23. The Hall–Kier alpha value is -3.28. The summed E-state index contributed by atoms with van der Waals surface area (Å²) in [6.45, 7) is 0.755. The molecule has 3 N–H and O–H groups in total. The third kappa shape index (κ3) is 4.17. The fourth-order valence-electron chi connectivity index (χ4n) is 3.34. The second kappa shape index (κ2) is 8.61. The molecule has 2 unspecified atom stereocenters. The SMILES string of the molecule is O=C(N/N=C/C1CNNC1c1ccccc1)c1ccc(-c2ccccc2)cc1. The monoisotopic (exact) mass is 370 g/mol. The summed E-state index contributed by atoms with van der Waals surface area (Å²) < 4.78 is 0. The van der Waals surface area contributed by atoms with Gasteiger partial charge in [0.25, 0.3) is 5.91 Å². The molecule has 0 bridgehead atoms. The zero-order chi connectivity index (χ0) is 19.2. The first-order valence-corrected chi connectivity index (χ1v) is 9.33. The van der Waals surface area contributed by atoms with Crippen LogP contribution in [0.4, 0.5) is 0 Å². The van der Waals surface area contributed by atoms with Gasteiger partial charge in [-0.05, 0) is 28.8 Å². The molecule has 0 spiro atoms. The largest absolute Gasteiger partial charge is 0.271 e. The Labute approximate surface area is 164 Å². The minimum atomic E-state index is -0.217. The maximum atomic E-state index is 12.4. The summed E-state index contributed by atoms with van der Waals surface area (Å²) in [6.07, 6.45) is 1.79. The van der Waals surface area contributed by atoms with E-state index in [1.165, 1.54) is 5.56 Å². The number of hydrogen-bond acceptors (Lipinski definition) is 4. The number of benzene rings is 3. The van der Waals surface area contributed by atoms with Crippen LogP contribution in [0.25, 0.3) is 11.1 Å². The standard InChI is InChI=1S/C23H22N4O/c28-23(20-13-11-18(12-14-20)17-7-3-1-4-8-17)27-25-16-21-15-24-26-22(21)19-9-5-2-6-10-19/h1-14,16,21-22,24,26H,15H2,(H,27,28)/b25-16+. The lowest BCUT2D eigenvalue weighted by atomic mass is 9.96. The van der Waals surface area contributed by atoms with E-state index in [0.717, 1.165) is 17.7 Å². The lowest BCUT2D eigenvalue weighted by Crippen LogP contribution is -2.25. The Bertz CT molecular complexity index is 939. The van der Waals surface area contributed by atoms with Gasteiger partial charge in [-0.15, -0.1) is 0 Å². The topological polar surface area (TPSA) is 65.5 Å². The van der Waals surface area contributed by atoms with Crippen LogP contribution in [0.1, 0.15) is 22.0 Å². The molecule has 3 aromatic rings. The fraction of sp³-hybridized carbons (Fsp3) is 0.130. The van der Waals surface area contributed by atoms with Crippen molar-refractivity contribution in [1.82, 2.24) is 16.3 Å². The summed E-state index contributed by atoms with van der Waals surface area (Å²) >= 11 is 0. The third-order valence-electron chi connectivity index (χ3n) is 4.87. The number of amides is 1. The van der Waals surface area contributed by atoms with E-state index in [1.807, 2.05) is 72.8 Å². The highest BCUT2D eigenvalue weighted by molar-refractivity contribution is 5.94. The van der Waals surface area contributed by atoms with Gasteiger partial charge in [-0.3, -0.25) is 10.2 Å². The maximum absolute atomic E-state index is 12.4. The van der Waals surface area contributed by atoms with Crippen molar-refractivity contribution in [3.05, 3.63) is 96.1 Å². The van der Waals surface area contributed by atoms with Gasteiger partial charge < -0.3 is 0 Å². The highest BCUT2D eigenvalue weighted by Crippen LogP contribution is 2.23. The maximum Gasteiger partial charge on any atom is 0.271 e. The minimum Gasteiger partial charge on any atom is -0.267 e. The molecule has 5 heteroatoms. The van der Waals surface area contributed by atoms with Gasteiger partial charge in [0, 0.05) is 24.2 Å². The van der Waals surface area contributed by atoms with Gasteiger partial charge in [0.2, 0.25) is 0 Å². The van der Waals surface area contributed by atoms with Crippen molar-refractivity contribution in [2.24, 2.45) is 11.0 Å². The summed E-state index contributed by atoms with van der Waals surface area (Å²) in [5.41, 5.74) is 13.0. The van der Waals surface area contributed by atoms with E-state index in [2.05, 4.69) is 33.5 Å². The quantitative estimate of drug-likeness (QED) is 0.475. The molecular formula is C23H22N4O. The molecule has 3 aromatic carbocycles. The van der Waals surface area contributed by atoms with E-state index in [4.69, 9.17) is 0 Å². The van der Waals surface area contributed by atoms with Gasteiger partial charge >= 0.3 is 0 Å². The molecule has 0 radical (unpaired) electrons. The van der Waals surface area contributed by atoms with Crippen molar-refractivity contribution in [2.45, 2.75) is 6.04 Å². The zero-order valence-corrected chi connectivity index (χ0v) is 15.4. The van der Waals surface area contributed by atoms with E-state index in [1.54, 1.807) is 6.21 Å². The molecule has 0 aliphatic carbocycles. The molecule has 0 aromatic heterocycles. The lowest BCUT2D eigenvalue weighted by molar-refractivity contribution is 0.0955. The van der Waals surface area contributed by atoms with Crippen LogP contribution < -0.4 is 16.3 Å². The van der Waals surface area contributed by atoms with Crippen LogP contribution in [0.15, 0.2) is 90.0 Å². The number of hydrazine groups is 1. The van der Waals surface area contributed by atoms with E-state index in [0.29, 0.717) is 5.56 Å². The summed E-state index contributed by atoms with van der Waals surface area (Å²) in [7, 11) is 0. The van der Waals surface area contributed by atoms with Crippen LogP contribution in [0.5, 0.6) is 0 Å². The lowest BCUT2D eigenvalue weighted by Gasteiger charge is -2.14. The second-order valence-corrected chi connectivity index (χ2v) is 6.74. The van der Waals surface area contributed by atoms with Gasteiger partial charge in [0.15, 0.2) is 0 Å². The van der Waals surface area contributed by atoms with Crippen molar-refractivity contribution in [2.75, 3.05) is 6.54 Å². The Morgan fingerprint density at radius 3 is 2.25 bits per heavy atom. The smallest absolute Gasteiger partial charge is 0.267 e. The Kier molecular flexibility index (Phi) is 5.56. The predicted octanol–water partition coefficient (Wildman–Crippen LogP) is 3.53. The first kappa shape index (κ1) is 18.1. The zero-order valence-electron chi connectivity index (χ0n) is 15.4. The number of nitrogens with one attached hydrogen (secondary N) is 3. The number of carbonyl (C=O) groups is 1. The van der Waals surface area contributed by atoms with E-state index in [9.17, 15) is 4.79 Å². The van der Waals surface area contributed by atoms with Crippen LogP contribution in [0, 0.1) is 5.92 Å². The number of hydrogen-bond donors (Lipinski definition) is 3. The van der Waals surface area contributed by atoms with Crippen molar-refractivity contribution in [1.29, 1.82) is 0 Å². The second-order valence-electron chi connectivity index (χ2n) is 6.74. The van der Waals surface area contributed by atoms with Crippen molar-refractivity contribution < 1.29 is 4.79 Å².